The molecule has 0 aliphatic heterocycles. The Balaban J connectivity index is 2.18. The minimum atomic E-state index is -0.341. The van der Waals surface area contributed by atoms with E-state index in [1.165, 1.54) is 12.1 Å². The summed E-state index contributed by atoms with van der Waals surface area (Å²) >= 11 is 3.22. The van der Waals surface area contributed by atoms with Crippen LogP contribution in [0.2, 0.25) is 0 Å². The summed E-state index contributed by atoms with van der Waals surface area (Å²) in [5, 5.41) is 0. The largest absolute Gasteiger partial charge is 0.457 e. The summed E-state index contributed by atoms with van der Waals surface area (Å²) in [5.74, 6) is 0.763. The lowest BCUT2D eigenvalue weighted by molar-refractivity contribution is 0.476. The number of ether oxygens (including phenoxy) is 1. The van der Waals surface area contributed by atoms with E-state index in [2.05, 4.69) is 15.9 Å². The van der Waals surface area contributed by atoms with Crippen molar-refractivity contribution in [3.63, 3.8) is 0 Å². The van der Waals surface area contributed by atoms with E-state index in [1.807, 2.05) is 31.2 Å². The van der Waals surface area contributed by atoms with Crippen molar-refractivity contribution in [1.82, 2.24) is 0 Å². The quantitative estimate of drug-likeness (QED) is 0.912. The lowest BCUT2D eigenvalue weighted by atomic mass is 10.1. The van der Waals surface area contributed by atoms with Crippen LogP contribution in [0, 0.1) is 5.82 Å². The molecule has 1 atom stereocenters. The molecule has 0 bridgehead atoms. The molecule has 0 saturated heterocycles. The molecule has 0 aliphatic rings. The molecule has 2 nitrogen and oxygen atoms in total. The van der Waals surface area contributed by atoms with Crippen molar-refractivity contribution < 1.29 is 9.13 Å². The highest BCUT2D eigenvalue weighted by molar-refractivity contribution is 9.10. The zero-order valence-corrected chi connectivity index (χ0v) is 11.4. The molecule has 0 fully saturated rings. The Kier molecular flexibility index (Phi) is 3.99. The van der Waals surface area contributed by atoms with Gasteiger partial charge in [-0.3, -0.25) is 0 Å². The molecule has 2 aromatic carbocycles. The number of rotatable bonds is 3. The van der Waals surface area contributed by atoms with Crippen LogP contribution in [0.15, 0.2) is 46.9 Å². The molecule has 2 aromatic rings. The fraction of sp³-hybridized carbons (Fsp3) is 0.143. The zero-order valence-electron chi connectivity index (χ0n) is 9.86. The van der Waals surface area contributed by atoms with E-state index in [0.717, 1.165) is 5.56 Å². The topological polar surface area (TPSA) is 35.2 Å². The molecule has 2 rings (SSSR count). The van der Waals surface area contributed by atoms with Gasteiger partial charge in [-0.05, 0) is 36.8 Å². The second kappa shape index (κ2) is 5.50. The van der Waals surface area contributed by atoms with Crippen molar-refractivity contribution in [2.24, 2.45) is 5.73 Å². The van der Waals surface area contributed by atoms with E-state index in [1.54, 1.807) is 6.07 Å². The van der Waals surface area contributed by atoms with Crippen LogP contribution in [-0.2, 0) is 0 Å². The van der Waals surface area contributed by atoms with Crippen molar-refractivity contribution in [2.75, 3.05) is 0 Å². The van der Waals surface area contributed by atoms with Gasteiger partial charge in [-0.15, -0.1) is 0 Å². The SMILES string of the molecule is C[C@@H](N)c1ccc(Oc2cc(F)cc(Br)c2)cc1. The van der Waals surface area contributed by atoms with E-state index in [0.29, 0.717) is 16.0 Å². The normalized spacial score (nSPS) is 12.2. The molecular formula is C14H13BrFNO. The summed E-state index contributed by atoms with van der Waals surface area (Å²) < 4.78 is 19.4. The maximum absolute atomic E-state index is 13.2. The van der Waals surface area contributed by atoms with Crippen LogP contribution < -0.4 is 10.5 Å². The van der Waals surface area contributed by atoms with Gasteiger partial charge in [-0.1, -0.05) is 28.1 Å². The standard InChI is InChI=1S/C14H13BrFNO/c1-9(17)10-2-4-13(5-3-10)18-14-7-11(15)6-12(16)8-14/h2-9H,17H2,1H3/t9-/m1/s1. The summed E-state index contributed by atoms with van der Waals surface area (Å²) in [7, 11) is 0. The maximum atomic E-state index is 13.2. The van der Waals surface area contributed by atoms with Crippen molar-refractivity contribution in [3.8, 4) is 11.5 Å². The molecule has 0 amide bonds. The lowest BCUT2D eigenvalue weighted by Crippen LogP contribution is -2.04. The Morgan fingerprint density at radius 1 is 1.11 bits per heavy atom. The highest BCUT2D eigenvalue weighted by Crippen LogP contribution is 2.26. The van der Waals surface area contributed by atoms with Gasteiger partial charge in [0.2, 0.25) is 0 Å². The molecule has 0 aromatic heterocycles. The van der Waals surface area contributed by atoms with Crippen LogP contribution in [0.5, 0.6) is 11.5 Å². The van der Waals surface area contributed by atoms with Crippen molar-refractivity contribution in [2.45, 2.75) is 13.0 Å². The van der Waals surface area contributed by atoms with E-state index in [4.69, 9.17) is 10.5 Å². The van der Waals surface area contributed by atoms with Crippen LogP contribution in [0.3, 0.4) is 0 Å². The Morgan fingerprint density at radius 3 is 2.33 bits per heavy atom. The number of hydrogen-bond donors (Lipinski definition) is 1. The molecule has 0 unspecified atom stereocenters. The highest BCUT2D eigenvalue weighted by Gasteiger charge is 2.03. The molecule has 0 aliphatic carbocycles. The Morgan fingerprint density at radius 2 is 1.78 bits per heavy atom. The van der Waals surface area contributed by atoms with Gasteiger partial charge in [0.15, 0.2) is 0 Å². The number of benzene rings is 2. The van der Waals surface area contributed by atoms with Gasteiger partial charge in [0.05, 0.1) is 0 Å². The van der Waals surface area contributed by atoms with Crippen LogP contribution in [0.25, 0.3) is 0 Å². The van der Waals surface area contributed by atoms with Crippen LogP contribution >= 0.6 is 15.9 Å². The van der Waals surface area contributed by atoms with Gasteiger partial charge in [0.25, 0.3) is 0 Å². The molecule has 18 heavy (non-hydrogen) atoms. The van der Waals surface area contributed by atoms with Crippen molar-refractivity contribution in [3.05, 3.63) is 58.3 Å². The maximum Gasteiger partial charge on any atom is 0.131 e. The first-order valence-electron chi connectivity index (χ1n) is 5.54. The first-order chi connectivity index (χ1) is 8.54. The second-order valence-corrected chi connectivity index (χ2v) is 4.98. The third-order valence-electron chi connectivity index (χ3n) is 2.48. The Hall–Kier alpha value is -1.39. The van der Waals surface area contributed by atoms with Gasteiger partial charge in [0.1, 0.15) is 17.3 Å². The van der Waals surface area contributed by atoms with E-state index >= 15 is 0 Å². The molecular weight excluding hydrogens is 297 g/mol. The molecule has 4 heteroatoms. The zero-order chi connectivity index (χ0) is 13.1. The Bertz CT molecular complexity index is 520. The van der Waals surface area contributed by atoms with Gasteiger partial charge >= 0.3 is 0 Å². The second-order valence-electron chi connectivity index (χ2n) is 4.06. The first-order valence-corrected chi connectivity index (χ1v) is 6.33. The molecule has 94 valence electrons. The van der Waals surface area contributed by atoms with Crippen molar-refractivity contribution >= 4 is 15.9 Å². The Labute approximate surface area is 114 Å². The summed E-state index contributed by atoms with van der Waals surface area (Å²) in [6.45, 7) is 1.92. The minimum Gasteiger partial charge on any atom is -0.457 e. The van der Waals surface area contributed by atoms with E-state index in [-0.39, 0.29) is 11.9 Å². The third-order valence-corrected chi connectivity index (χ3v) is 2.94. The smallest absolute Gasteiger partial charge is 0.131 e. The molecule has 0 spiro atoms. The molecule has 0 heterocycles. The minimum absolute atomic E-state index is 0.0117. The summed E-state index contributed by atoms with van der Waals surface area (Å²) in [5.41, 5.74) is 6.79. The molecule has 0 saturated carbocycles. The number of nitrogens with two attached hydrogens (primary N) is 1. The van der Waals surface area contributed by atoms with E-state index < -0.39 is 0 Å². The molecule has 0 radical (unpaired) electrons. The predicted octanol–water partition coefficient (Wildman–Crippen LogP) is 4.40. The van der Waals surface area contributed by atoms with Crippen LogP contribution in [0.4, 0.5) is 4.39 Å². The number of hydrogen-bond acceptors (Lipinski definition) is 2. The average molecular weight is 310 g/mol. The summed E-state index contributed by atoms with van der Waals surface area (Å²) in [6.07, 6.45) is 0. The van der Waals surface area contributed by atoms with Crippen LogP contribution in [0.1, 0.15) is 18.5 Å². The highest BCUT2D eigenvalue weighted by atomic mass is 79.9. The number of halogens is 2. The lowest BCUT2D eigenvalue weighted by Gasteiger charge is -2.09. The van der Waals surface area contributed by atoms with Crippen molar-refractivity contribution in [1.29, 1.82) is 0 Å². The van der Waals surface area contributed by atoms with Crippen LogP contribution in [-0.4, -0.2) is 0 Å². The predicted molar refractivity (Wildman–Crippen MR) is 73.2 cm³/mol. The van der Waals surface area contributed by atoms with Gasteiger partial charge in [-0.25, -0.2) is 4.39 Å². The van der Waals surface area contributed by atoms with Gasteiger partial charge in [-0.2, -0.15) is 0 Å². The fourth-order valence-electron chi connectivity index (χ4n) is 1.56. The van der Waals surface area contributed by atoms with Gasteiger partial charge in [0, 0.05) is 16.6 Å². The molecule has 2 N–H and O–H groups in total. The monoisotopic (exact) mass is 309 g/mol. The first kappa shape index (κ1) is 13.1. The van der Waals surface area contributed by atoms with Gasteiger partial charge < -0.3 is 10.5 Å². The summed E-state index contributed by atoms with van der Waals surface area (Å²) in [6, 6.07) is 11.8. The third kappa shape index (κ3) is 3.31. The summed E-state index contributed by atoms with van der Waals surface area (Å²) in [4.78, 5) is 0. The fourth-order valence-corrected chi connectivity index (χ4v) is 2.01. The average Bonchev–Trinajstić information content (AvgIpc) is 2.28. The van der Waals surface area contributed by atoms with E-state index in [9.17, 15) is 4.39 Å².